The van der Waals surface area contributed by atoms with Crippen molar-refractivity contribution < 1.29 is 22.0 Å². The van der Waals surface area contributed by atoms with Gasteiger partial charge in [0.15, 0.2) is 0 Å². The molecule has 0 bridgehead atoms. The van der Waals surface area contributed by atoms with Crippen molar-refractivity contribution in [2.24, 2.45) is 0 Å². The molecule has 0 saturated carbocycles. The van der Waals surface area contributed by atoms with Crippen molar-refractivity contribution in [2.45, 2.75) is 0 Å². The predicted molar refractivity (Wildman–Crippen MR) is 28.4 cm³/mol. The van der Waals surface area contributed by atoms with E-state index in [0.717, 1.165) is 0 Å². The summed E-state index contributed by atoms with van der Waals surface area (Å²) in [4.78, 5) is 29.3. The summed E-state index contributed by atoms with van der Waals surface area (Å²) >= 11 is 0. The van der Waals surface area contributed by atoms with Crippen LogP contribution in [0.5, 0.6) is 0 Å². The van der Waals surface area contributed by atoms with Crippen LogP contribution < -0.4 is 0 Å². The molecule has 0 aliphatic heterocycles. The largest absolute Gasteiger partial charge is 2.00 e. The van der Waals surface area contributed by atoms with E-state index in [1.54, 1.807) is 0 Å². The van der Waals surface area contributed by atoms with Crippen molar-refractivity contribution in [2.75, 3.05) is 0 Å². The Balaban J connectivity index is -0.0000000133. The van der Waals surface area contributed by atoms with E-state index in [9.17, 15) is 0 Å². The van der Waals surface area contributed by atoms with Crippen LogP contribution in [0.25, 0.3) is 0 Å². The molecule has 7 heavy (non-hydrogen) atoms. The fraction of sp³-hybridized carbons (Fsp3) is 0. The van der Waals surface area contributed by atoms with Gasteiger partial charge in [0.25, 0.3) is 0 Å². The summed E-state index contributed by atoms with van der Waals surface area (Å²) < 4.78 is 0. The standard InChI is InChI=1S/B.Mg.H4O4Si.2H/c;;1-5(2,3)4;;/h;;1-4H;;/q;+2;;2*-1. The Kier molecular flexibility index (Phi) is 11.3. The van der Waals surface area contributed by atoms with Gasteiger partial charge in [-0.25, -0.2) is 0 Å². The molecule has 0 saturated heterocycles. The van der Waals surface area contributed by atoms with Crippen LogP contribution in [0.2, 0.25) is 0 Å². The Morgan fingerprint density at radius 3 is 1.00 bits per heavy atom. The molecule has 0 aromatic carbocycles. The number of hydrogen-bond acceptors (Lipinski definition) is 4. The van der Waals surface area contributed by atoms with Crippen LogP contribution in [0.4, 0.5) is 0 Å². The van der Waals surface area contributed by atoms with Crippen molar-refractivity contribution in [1.82, 2.24) is 0 Å². The summed E-state index contributed by atoms with van der Waals surface area (Å²) in [6.07, 6.45) is 0. The molecule has 0 aromatic rings. The van der Waals surface area contributed by atoms with E-state index in [-0.39, 0.29) is 34.3 Å². The summed E-state index contributed by atoms with van der Waals surface area (Å²) in [6.45, 7) is 0. The molecule has 0 aromatic heterocycles. The van der Waals surface area contributed by atoms with Crippen LogP contribution in [0.1, 0.15) is 2.85 Å². The monoisotopic (exact) mass is 133 g/mol. The van der Waals surface area contributed by atoms with E-state index in [1.165, 1.54) is 0 Å². The van der Waals surface area contributed by atoms with Crippen molar-refractivity contribution in [3.8, 4) is 0 Å². The average molecular weight is 133 g/mol. The third kappa shape index (κ3) is 209. The molecule has 7 heteroatoms. The third-order valence-electron chi connectivity index (χ3n) is 0. The quantitative estimate of drug-likeness (QED) is 0.263. The predicted octanol–water partition coefficient (Wildman–Crippen LogP) is -3.15. The SMILES string of the molecule is O[Si](O)(O)O.[B].[H-].[H-].[Mg+2]. The Bertz CT molecular complexity index is 34.0. The minimum atomic E-state index is -4.61. The van der Waals surface area contributed by atoms with Crippen LogP contribution in [0.15, 0.2) is 0 Å². The smallest absolute Gasteiger partial charge is 1.00 e. The van der Waals surface area contributed by atoms with Gasteiger partial charge < -0.3 is 22.0 Å². The van der Waals surface area contributed by atoms with E-state index in [0.29, 0.717) is 0 Å². The average Bonchev–Trinajstić information content (AvgIpc) is 0.722. The Morgan fingerprint density at radius 2 is 1.00 bits per heavy atom. The maximum absolute atomic E-state index is 7.33. The molecule has 0 aliphatic rings. The van der Waals surface area contributed by atoms with Gasteiger partial charge in [0, 0.05) is 8.41 Å². The van der Waals surface area contributed by atoms with Gasteiger partial charge >= 0.3 is 32.1 Å². The van der Waals surface area contributed by atoms with Crippen molar-refractivity contribution in [3.63, 3.8) is 0 Å². The van der Waals surface area contributed by atoms with Crippen LogP contribution in [-0.2, 0) is 0 Å². The zero-order chi connectivity index (χ0) is 4.50. The molecule has 0 fully saturated rings. The first-order chi connectivity index (χ1) is 2.00. The van der Waals surface area contributed by atoms with Crippen molar-refractivity contribution in [1.29, 1.82) is 0 Å². The van der Waals surface area contributed by atoms with Crippen molar-refractivity contribution >= 4 is 40.5 Å². The molecule has 39 valence electrons. The van der Waals surface area contributed by atoms with Crippen LogP contribution in [-0.4, -0.2) is 59.7 Å². The fourth-order valence-corrected chi connectivity index (χ4v) is 0. The zero-order valence-corrected chi connectivity index (χ0v) is 5.99. The fourth-order valence-electron chi connectivity index (χ4n) is 0. The minimum Gasteiger partial charge on any atom is -1.00 e. The first-order valence-corrected chi connectivity index (χ1v) is 2.68. The van der Waals surface area contributed by atoms with Crippen molar-refractivity contribution in [3.05, 3.63) is 0 Å². The van der Waals surface area contributed by atoms with Crippen LogP contribution in [0.3, 0.4) is 0 Å². The van der Waals surface area contributed by atoms with Gasteiger partial charge in [-0.05, 0) is 0 Å². The van der Waals surface area contributed by atoms with E-state index >= 15 is 0 Å². The second kappa shape index (κ2) is 5.03. The first kappa shape index (κ1) is 15.7. The third-order valence-corrected chi connectivity index (χ3v) is 0. The van der Waals surface area contributed by atoms with Gasteiger partial charge in [0.2, 0.25) is 0 Å². The molecule has 3 radical (unpaired) electrons. The first-order valence-electron chi connectivity index (χ1n) is 0.894. The minimum absolute atomic E-state index is 0. The molecule has 0 spiro atoms. The molecule has 0 atom stereocenters. The molecule has 0 unspecified atom stereocenters. The second-order valence-corrected chi connectivity index (χ2v) is 1.80. The van der Waals surface area contributed by atoms with Gasteiger partial charge in [0.1, 0.15) is 0 Å². The molecule has 0 aliphatic carbocycles. The normalized spacial score (nSPS) is 8.57. The Hall–Kier alpha value is 0.888. The van der Waals surface area contributed by atoms with E-state index in [2.05, 4.69) is 0 Å². The van der Waals surface area contributed by atoms with E-state index in [4.69, 9.17) is 19.2 Å². The summed E-state index contributed by atoms with van der Waals surface area (Å²) in [5, 5.41) is 0. The molecule has 0 amide bonds. The molecule has 4 N–H and O–H groups in total. The number of rotatable bonds is 0. The maximum Gasteiger partial charge on any atom is 2.00 e. The van der Waals surface area contributed by atoms with Gasteiger partial charge in [-0.1, -0.05) is 0 Å². The molecule has 4 nitrogen and oxygen atoms in total. The number of hydrogen-bond donors (Lipinski definition) is 4. The second-order valence-electron chi connectivity index (χ2n) is 0.600. The topological polar surface area (TPSA) is 80.9 Å². The van der Waals surface area contributed by atoms with Gasteiger partial charge in [0.05, 0.1) is 0 Å². The summed E-state index contributed by atoms with van der Waals surface area (Å²) in [6, 6.07) is 0. The molecular weight excluding hydrogens is 127 g/mol. The summed E-state index contributed by atoms with van der Waals surface area (Å²) in [5.41, 5.74) is 0. The molecular formula is H6BMgO4Si. The van der Waals surface area contributed by atoms with Crippen LogP contribution in [0, 0.1) is 0 Å². The Labute approximate surface area is 63.0 Å². The molecule has 0 heterocycles. The summed E-state index contributed by atoms with van der Waals surface area (Å²) in [7, 11) is -4.61. The van der Waals surface area contributed by atoms with Gasteiger partial charge in [-0.3, -0.25) is 0 Å². The van der Waals surface area contributed by atoms with Crippen LogP contribution >= 0.6 is 0 Å². The molecule has 0 rings (SSSR count). The van der Waals surface area contributed by atoms with Gasteiger partial charge in [-0.2, -0.15) is 0 Å². The van der Waals surface area contributed by atoms with E-state index in [1.807, 2.05) is 0 Å². The summed E-state index contributed by atoms with van der Waals surface area (Å²) in [5.74, 6) is 0. The van der Waals surface area contributed by atoms with Gasteiger partial charge in [-0.15, -0.1) is 0 Å². The maximum atomic E-state index is 7.33. The Morgan fingerprint density at radius 1 is 1.00 bits per heavy atom. The van der Waals surface area contributed by atoms with E-state index < -0.39 is 9.05 Å². The zero-order valence-electron chi connectivity index (χ0n) is 5.57.